The standard InChI is InChI=1S/C16H21NO/c1-10-11(2)16(13-8-9-13)17(12(3)18)15-7-5-4-6-14(10)15/h4-7,10-11,13,16H,8-9H2,1-3H3/t10?,11-,16-/m1/s1. The van der Waals surface area contributed by atoms with Gasteiger partial charge in [-0.05, 0) is 42.2 Å². The van der Waals surface area contributed by atoms with Gasteiger partial charge in [0.15, 0.2) is 0 Å². The number of fused-ring (bicyclic) bond motifs is 1. The van der Waals surface area contributed by atoms with E-state index in [1.165, 1.54) is 18.4 Å². The molecule has 2 aliphatic rings. The highest BCUT2D eigenvalue weighted by atomic mass is 16.2. The minimum absolute atomic E-state index is 0.193. The Bertz CT molecular complexity index is 478. The number of anilines is 1. The van der Waals surface area contributed by atoms with Crippen LogP contribution in [0.3, 0.4) is 0 Å². The molecule has 3 rings (SSSR count). The first-order valence-electron chi connectivity index (χ1n) is 7.00. The molecule has 1 saturated carbocycles. The van der Waals surface area contributed by atoms with Gasteiger partial charge in [-0.15, -0.1) is 0 Å². The zero-order chi connectivity index (χ0) is 12.9. The molecule has 18 heavy (non-hydrogen) atoms. The smallest absolute Gasteiger partial charge is 0.224 e. The van der Waals surface area contributed by atoms with Crippen molar-refractivity contribution in [3.63, 3.8) is 0 Å². The zero-order valence-electron chi connectivity index (χ0n) is 11.4. The van der Waals surface area contributed by atoms with Gasteiger partial charge in [-0.2, -0.15) is 0 Å². The summed E-state index contributed by atoms with van der Waals surface area (Å²) in [6.07, 6.45) is 2.57. The molecule has 0 saturated heterocycles. The van der Waals surface area contributed by atoms with E-state index >= 15 is 0 Å². The number of amides is 1. The number of nitrogens with zero attached hydrogens (tertiary/aromatic N) is 1. The highest BCUT2D eigenvalue weighted by molar-refractivity contribution is 5.94. The van der Waals surface area contributed by atoms with Crippen LogP contribution in [0.5, 0.6) is 0 Å². The van der Waals surface area contributed by atoms with E-state index in [1.54, 1.807) is 6.92 Å². The topological polar surface area (TPSA) is 20.3 Å². The normalized spacial score (nSPS) is 31.1. The Morgan fingerprint density at radius 1 is 1.22 bits per heavy atom. The first-order chi connectivity index (χ1) is 8.61. The average Bonchev–Trinajstić information content (AvgIpc) is 3.17. The molecule has 1 aromatic carbocycles. The first kappa shape index (κ1) is 11.8. The summed E-state index contributed by atoms with van der Waals surface area (Å²) in [6.45, 7) is 6.31. The lowest BCUT2D eigenvalue weighted by Gasteiger charge is -2.44. The second-order valence-electron chi connectivity index (χ2n) is 5.92. The molecule has 0 N–H and O–H groups in total. The van der Waals surface area contributed by atoms with Crippen molar-refractivity contribution in [1.82, 2.24) is 0 Å². The molecule has 0 bridgehead atoms. The molecule has 2 nitrogen and oxygen atoms in total. The molecule has 1 fully saturated rings. The van der Waals surface area contributed by atoms with Crippen molar-refractivity contribution in [3.05, 3.63) is 29.8 Å². The van der Waals surface area contributed by atoms with Crippen LogP contribution in [0.25, 0.3) is 0 Å². The lowest BCUT2D eigenvalue weighted by atomic mass is 9.76. The average molecular weight is 243 g/mol. The quantitative estimate of drug-likeness (QED) is 0.738. The van der Waals surface area contributed by atoms with Crippen LogP contribution < -0.4 is 4.90 Å². The number of hydrogen-bond donors (Lipinski definition) is 0. The molecule has 0 aromatic heterocycles. The highest BCUT2D eigenvalue weighted by Crippen LogP contribution is 2.49. The van der Waals surface area contributed by atoms with Crippen LogP contribution in [0, 0.1) is 11.8 Å². The van der Waals surface area contributed by atoms with Gasteiger partial charge in [-0.25, -0.2) is 0 Å². The van der Waals surface area contributed by atoms with Crippen molar-refractivity contribution in [2.45, 2.75) is 45.6 Å². The van der Waals surface area contributed by atoms with E-state index in [-0.39, 0.29) is 5.91 Å². The maximum absolute atomic E-state index is 12.1. The Morgan fingerprint density at radius 3 is 2.50 bits per heavy atom. The third-order valence-electron chi connectivity index (χ3n) is 4.76. The summed E-state index contributed by atoms with van der Waals surface area (Å²) in [6, 6.07) is 8.82. The summed E-state index contributed by atoms with van der Waals surface area (Å²) in [4.78, 5) is 14.1. The van der Waals surface area contributed by atoms with Crippen LogP contribution in [0.4, 0.5) is 5.69 Å². The number of carbonyl (C=O) groups is 1. The summed E-state index contributed by atoms with van der Waals surface area (Å²) in [7, 11) is 0. The predicted octanol–water partition coefficient (Wildman–Crippen LogP) is 3.57. The van der Waals surface area contributed by atoms with Crippen molar-refractivity contribution < 1.29 is 4.79 Å². The fourth-order valence-corrected chi connectivity index (χ4v) is 3.52. The van der Waals surface area contributed by atoms with E-state index in [0.29, 0.717) is 17.9 Å². The van der Waals surface area contributed by atoms with E-state index in [4.69, 9.17) is 0 Å². The van der Waals surface area contributed by atoms with E-state index < -0.39 is 0 Å². The van der Waals surface area contributed by atoms with Gasteiger partial charge in [-0.1, -0.05) is 32.0 Å². The zero-order valence-corrected chi connectivity index (χ0v) is 11.4. The van der Waals surface area contributed by atoms with Crippen LogP contribution in [0.2, 0.25) is 0 Å². The number of rotatable bonds is 1. The largest absolute Gasteiger partial charge is 0.309 e. The molecule has 1 aromatic rings. The van der Waals surface area contributed by atoms with Gasteiger partial charge in [0.25, 0.3) is 0 Å². The van der Waals surface area contributed by atoms with Gasteiger partial charge < -0.3 is 4.90 Å². The van der Waals surface area contributed by atoms with Crippen molar-refractivity contribution >= 4 is 11.6 Å². The molecule has 1 amide bonds. The van der Waals surface area contributed by atoms with Crippen LogP contribution >= 0.6 is 0 Å². The lowest BCUT2D eigenvalue weighted by molar-refractivity contribution is -0.117. The number of carbonyl (C=O) groups excluding carboxylic acids is 1. The maximum Gasteiger partial charge on any atom is 0.224 e. The SMILES string of the molecule is CC(=O)N1c2ccccc2C(C)[C@@H](C)[C@@H]1C1CC1. The van der Waals surface area contributed by atoms with Crippen LogP contribution in [0.1, 0.15) is 45.1 Å². The fourth-order valence-electron chi connectivity index (χ4n) is 3.52. The second-order valence-corrected chi connectivity index (χ2v) is 5.92. The molecular weight excluding hydrogens is 222 g/mol. The molecule has 1 unspecified atom stereocenters. The molecule has 1 aliphatic carbocycles. The molecule has 1 heterocycles. The highest BCUT2D eigenvalue weighted by Gasteiger charge is 2.45. The van der Waals surface area contributed by atoms with Gasteiger partial charge in [0.2, 0.25) is 5.91 Å². The number of hydrogen-bond acceptors (Lipinski definition) is 1. The molecule has 1 aliphatic heterocycles. The van der Waals surface area contributed by atoms with Gasteiger partial charge in [0, 0.05) is 18.7 Å². The first-order valence-corrected chi connectivity index (χ1v) is 7.00. The second kappa shape index (κ2) is 4.11. The minimum Gasteiger partial charge on any atom is -0.309 e. The van der Waals surface area contributed by atoms with Crippen LogP contribution in [0.15, 0.2) is 24.3 Å². The lowest BCUT2D eigenvalue weighted by Crippen LogP contribution is -2.49. The third-order valence-corrected chi connectivity index (χ3v) is 4.76. The molecular formula is C16H21NO. The Labute approximate surface area is 109 Å². The van der Waals surface area contributed by atoms with Crippen LogP contribution in [-0.2, 0) is 4.79 Å². The molecule has 0 radical (unpaired) electrons. The summed E-state index contributed by atoms with van der Waals surface area (Å²) in [5, 5.41) is 0. The van der Waals surface area contributed by atoms with E-state index in [0.717, 1.165) is 11.6 Å². The maximum atomic E-state index is 12.1. The Kier molecular flexibility index (Phi) is 2.69. The summed E-state index contributed by atoms with van der Waals surface area (Å²) >= 11 is 0. The van der Waals surface area contributed by atoms with Crippen molar-refractivity contribution in [3.8, 4) is 0 Å². The van der Waals surface area contributed by atoms with Crippen molar-refractivity contribution in [1.29, 1.82) is 0 Å². The number of para-hydroxylation sites is 1. The van der Waals surface area contributed by atoms with Gasteiger partial charge in [0.05, 0.1) is 0 Å². The Balaban J connectivity index is 2.11. The van der Waals surface area contributed by atoms with E-state index in [2.05, 4.69) is 36.9 Å². The summed E-state index contributed by atoms with van der Waals surface area (Å²) in [5.74, 6) is 2.01. The Hall–Kier alpha value is -1.31. The Morgan fingerprint density at radius 2 is 1.89 bits per heavy atom. The van der Waals surface area contributed by atoms with Crippen LogP contribution in [-0.4, -0.2) is 11.9 Å². The summed E-state index contributed by atoms with van der Waals surface area (Å²) in [5.41, 5.74) is 2.48. The number of benzene rings is 1. The van der Waals surface area contributed by atoms with E-state index in [1.807, 2.05) is 6.07 Å². The molecule has 3 atom stereocenters. The molecule has 96 valence electrons. The van der Waals surface area contributed by atoms with Gasteiger partial charge in [0.1, 0.15) is 0 Å². The van der Waals surface area contributed by atoms with Crippen molar-refractivity contribution in [2.24, 2.45) is 11.8 Å². The monoisotopic (exact) mass is 243 g/mol. The predicted molar refractivity (Wildman–Crippen MR) is 73.7 cm³/mol. The van der Waals surface area contributed by atoms with E-state index in [9.17, 15) is 4.79 Å². The molecule has 0 spiro atoms. The van der Waals surface area contributed by atoms with Gasteiger partial charge in [-0.3, -0.25) is 4.79 Å². The van der Waals surface area contributed by atoms with Gasteiger partial charge >= 0.3 is 0 Å². The fraction of sp³-hybridized carbons (Fsp3) is 0.562. The third kappa shape index (κ3) is 1.66. The minimum atomic E-state index is 0.193. The molecule has 2 heteroatoms. The van der Waals surface area contributed by atoms with Crippen molar-refractivity contribution in [2.75, 3.05) is 4.90 Å². The summed E-state index contributed by atoms with van der Waals surface area (Å²) < 4.78 is 0.